The fourth-order valence-electron chi connectivity index (χ4n) is 2.51. The van der Waals surface area contributed by atoms with Crippen LogP contribution >= 0.6 is 0 Å². The molecule has 0 atom stereocenters. The number of carbonyl (C=O) groups is 1. The lowest BCUT2D eigenvalue weighted by molar-refractivity contribution is 0.0696. The van der Waals surface area contributed by atoms with E-state index in [1.165, 1.54) is 16.8 Å². The molecule has 1 aromatic heterocycles. The highest BCUT2D eigenvalue weighted by molar-refractivity contribution is 7.89. The third kappa shape index (κ3) is 3.27. The molecule has 2 N–H and O–H groups in total. The van der Waals surface area contributed by atoms with E-state index in [0.717, 1.165) is 18.4 Å². The number of sulfonamides is 1. The fourth-order valence-corrected chi connectivity index (χ4v) is 3.93. The molecule has 1 fully saturated rings. The summed E-state index contributed by atoms with van der Waals surface area (Å²) in [5.74, 6) is -0.775. The van der Waals surface area contributed by atoms with Gasteiger partial charge in [-0.15, -0.1) is 0 Å². The third-order valence-corrected chi connectivity index (χ3v) is 5.36. The average Bonchev–Trinajstić information content (AvgIpc) is 3.28. The van der Waals surface area contributed by atoms with E-state index < -0.39 is 16.0 Å². The lowest BCUT2D eigenvalue weighted by Crippen LogP contribution is -2.26. The van der Waals surface area contributed by atoms with Gasteiger partial charge in [0, 0.05) is 19.2 Å². The minimum Gasteiger partial charge on any atom is -0.478 e. The number of carboxylic acids is 1. The molecule has 0 aliphatic heterocycles. The van der Waals surface area contributed by atoms with E-state index in [1.54, 1.807) is 25.4 Å². The van der Waals surface area contributed by atoms with Crippen LogP contribution in [0.2, 0.25) is 0 Å². The van der Waals surface area contributed by atoms with E-state index in [1.807, 2.05) is 0 Å². The molecule has 8 heteroatoms. The van der Waals surface area contributed by atoms with Gasteiger partial charge in [0.2, 0.25) is 0 Å². The molecule has 7 nitrogen and oxygen atoms in total. The number of benzene rings is 1. The number of nitrogens with one attached hydrogen (secondary N) is 1. The second-order valence-corrected chi connectivity index (χ2v) is 7.32. The molecule has 122 valence electrons. The molecule has 1 aliphatic rings. The smallest absolute Gasteiger partial charge is 0.335 e. The summed E-state index contributed by atoms with van der Waals surface area (Å²) in [5, 5.41) is 13.2. The molecule has 23 heavy (non-hydrogen) atoms. The summed E-state index contributed by atoms with van der Waals surface area (Å²) in [5.41, 5.74) is 1.46. The molecule has 0 bridgehead atoms. The summed E-state index contributed by atoms with van der Waals surface area (Å²) >= 11 is 0. The molecular weight excluding hydrogens is 318 g/mol. The zero-order chi connectivity index (χ0) is 16.6. The number of aromatic nitrogens is 2. The normalized spacial score (nSPS) is 14.8. The maximum Gasteiger partial charge on any atom is 0.335 e. The van der Waals surface area contributed by atoms with Crippen molar-refractivity contribution in [2.75, 3.05) is 0 Å². The molecular formula is C15H17N3O4S. The zero-order valence-corrected chi connectivity index (χ0v) is 13.4. The first kappa shape index (κ1) is 15.7. The van der Waals surface area contributed by atoms with Gasteiger partial charge in [-0.25, -0.2) is 17.9 Å². The molecule has 0 radical (unpaired) electrons. The highest BCUT2D eigenvalue weighted by Gasteiger charge is 2.33. The van der Waals surface area contributed by atoms with Crippen molar-refractivity contribution in [3.8, 4) is 0 Å². The standard InChI is InChI=1S/C15H17N3O4S/c1-18-14(13(9-16-18)11-5-6-11)23(21,22)17-8-10-3-2-4-12(7-10)15(19)20/h2-4,7,9,11,17H,5-6,8H2,1H3,(H,19,20). The van der Waals surface area contributed by atoms with Crippen molar-refractivity contribution in [3.63, 3.8) is 0 Å². The Hall–Kier alpha value is -2.19. The van der Waals surface area contributed by atoms with Gasteiger partial charge in [-0.2, -0.15) is 5.10 Å². The van der Waals surface area contributed by atoms with Crippen LogP contribution in [0.3, 0.4) is 0 Å². The second-order valence-electron chi connectivity index (χ2n) is 5.63. The van der Waals surface area contributed by atoms with Crippen LogP contribution in [0.15, 0.2) is 35.5 Å². The van der Waals surface area contributed by atoms with Crippen LogP contribution in [0, 0.1) is 0 Å². The highest BCUT2D eigenvalue weighted by Crippen LogP contribution is 2.42. The van der Waals surface area contributed by atoms with Gasteiger partial charge in [0.15, 0.2) is 5.03 Å². The molecule has 0 spiro atoms. The van der Waals surface area contributed by atoms with E-state index in [0.29, 0.717) is 5.56 Å². The van der Waals surface area contributed by atoms with Crippen LogP contribution in [0.25, 0.3) is 0 Å². The number of hydrogen-bond donors (Lipinski definition) is 2. The Balaban J connectivity index is 1.81. The monoisotopic (exact) mass is 335 g/mol. The van der Waals surface area contributed by atoms with Crippen LogP contribution in [-0.2, 0) is 23.6 Å². The Kier molecular flexibility index (Phi) is 3.95. The summed E-state index contributed by atoms with van der Waals surface area (Å²) in [6.07, 6.45) is 3.57. The summed E-state index contributed by atoms with van der Waals surface area (Å²) in [4.78, 5) is 11.0. The van der Waals surface area contributed by atoms with E-state index >= 15 is 0 Å². The van der Waals surface area contributed by atoms with Crippen molar-refractivity contribution in [1.29, 1.82) is 0 Å². The molecule has 3 rings (SSSR count). The van der Waals surface area contributed by atoms with Gasteiger partial charge in [0.1, 0.15) is 0 Å². The molecule has 1 heterocycles. The van der Waals surface area contributed by atoms with E-state index in [-0.39, 0.29) is 23.1 Å². The van der Waals surface area contributed by atoms with Gasteiger partial charge in [0.05, 0.1) is 11.8 Å². The van der Waals surface area contributed by atoms with Crippen LogP contribution in [0.1, 0.15) is 40.2 Å². The Labute approximate surface area is 134 Å². The number of carboxylic acid groups (broad SMARTS) is 1. The van der Waals surface area contributed by atoms with Gasteiger partial charge >= 0.3 is 5.97 Å². The summed E-state index contributed by atoms with van der Waals surface area (Å²) in [6, 6.07) is 6.19. The summed E-state index contributed by atoms with van der Waals surface area (Å²) < 4.78 is 29.0. The first-order valence-electron chi connectivity index (χ1n) is 7.22. The molecule has 2 aromatic rings. The lowest BCUT2D eigenvalue weighted by atomic mass is 10.1. The van der Waals surface area contributed by atoms with Crippen LogP contribution in [0.5, 0.6) is 0 Å². The van der Waals surface area contributed by atoms with Crippen molar-refractivity contribution in [2.45, 2.75) is 30.3 Å². The number of rotatable bonds is 6. The maximum atomic E-state index is 12.6. The van der Waals surface area contributed by atoms with Crippen molar-refractivity contribution in [3.05, 3.63) is 47.2 Å². The van der Waals surface area contributed by atoms with Gasteiger partial charge in [-0.05, 0) is 36.5 Å². The topological polar surface area (TPSA) is 101 Å². The molecule has 0 unspecified atom stereocenters. The van der Waals surface area contributed by atoms with Crippen LogP contribution in [-0.4, -0.2) is 29.3 Å². The minimum atomic E-state index is -3.71. The van der Waals surface area contributed by atoms with Crippen molar-refractivity contribution in [2.24, 2.45) is 7.05 Å². The SMILES string of the molecule is Cn1ncc(C2CC2)c1S(=O)(=O)NCc1cccc(C(=O)O)c1. The Bertz CT molecular complexity index is 853. The number of aryl methyl sites for hydroxylation is 1. The fraction of sp³-hybridized carbons (Fsp3) is 0.333. The first-order chi connectivity index (χ1) is 10.9. The lowest BCUT2D eigenvalue weighted by Gasteiger charge is -2.09. The molecule has 0 saturated heterocycles. The Morgan fingerprint density at radius 3 is 2.83 bits per heavy atom. The molecule has 1 aliphatic carbocycles. The molecule has 1 saturated carbocycles. The van der Waals surface area contributed by atoms with Gasteiger partial charge in [-0.3, -0.25) is 4.68 Å². The van der Waals surface area contributed by atoms with Crippen LogP contribution < -0.4 is 4.72 Å². The highest BCUT2D eigenvalue weighted by atomic mass is 32.2. The maximum absolute atomic E-state index is 12.6. The Morgan fingerprint density at radius 1 is 1.43 bits per heavy atom. The first-order valence-corrected chi connectivity index (χ1v) is 8.70. The van der Waals surface area contributed by atoms with E-state index in [4.69, 9.17) is 5.11 Å². The third-order valence-electron chi connectivity index (χ3n) is 3.82. The van der Waals surface area contributed by atoms with Crippen molar-refractivity contribution in [1.82, 2.24) is 14.5 Å². The van der Waals surface area contributed by atoms with Crippen LogP contribution in [0.4, 0.5) is 0 Å². The molecule has 1 aromatic carbocycles. The quantitative estimate of drug-likeness (QED) is 0.832. The van der Waals surface area contributed by atoms with Gasteiger partial charge in [-0.1, -0.05) is 12.1 Å². The minimum absolute atomic E-state index is 0.0265. The van der Waals surface area contributed by atoms with Crippen molar-refractivity contribution >= 4 is 16.0 Å². The zero-order valence-electron chi connectivity index (χ0n) is 12.6. The predicted molar refractivity (Wildman–Crippen MR) is 82.6 cm³/mol. The van der Waals surface area contributed by atoms with E-state index in [2.05, 4.69) is 9.82 Å². The van der Waals surface area contributed by atoms with E-state index in [9.17, 15) is 13.2 Å². The second kappa shape index (κ2) is 5.78. The summed E-state index contributed by atoms with van der Waals surface area (Å²) in [6.45, 7) is 0.0265. The average molecular weight is 335 g/mol. The predicted octanol–water partition coefficient (Wildman–Crippen LogP) is 1.47. The summed E-state index contributed by atoms with van der Waals surface area (Å²) in [7, 11) is -2.11. The Morgan fingerprint density at radius 2 is 2.17 bits per heavy atom. The van der Waals surface area contributed by atoms with Gasteiger partial charge < -0.3 is 5.11 Å². The number of aromatic carboxylic acids is 1. The molecule has 0 amide bonds. The number of nitrogens with zero attached hydrogens (tertiary/aromatic N) is 2. The largest absolute Gasteiger partial charge is 0.478 e. The number of hydrogen-bond acceptors (Lipinski definition) is 4. The van der Waals surface area contributed by atoms with Crippen molar-refractivity contribution < 1.29 is 18.3 Å². The van der Waals surface area contributed by atoms with Gasteiger partial charge in [0.25, 0.3) is 10.0 Å².